The smallest absolute Gasteiger partial charge is 0.186 e. The Balaban J connectivity index is 2.90. The van der Waals surface area contributed by atoms with Crippen LogP contribution in [-0.2, 0) is 6.54 Å². The van der Waals surface area contributed by atoms with Crippen LogP contribution in [0.5, 0.6) is 0 Å². The zero-order valence-corrected chi connectivity index (χ0v) is 12.7. The van der Waals surface area contributed by atoms with Gasteiger partial charge in [-0.3, -0.25) is 0 Å². The first-order valence-corrected chi connectivity index (χ1v) is 7.14. The number of hydrogen-bond acceptors (Lipinski definition) is 4. The molecule has 4 heteroatoms. The van der Waals surface area contributed by atoms with E-state index in [1.165, 1.54) is 4.88 Å². The normalized spacial score (nSPS) is 11.5. The Morgan fingerprint density at radius 2 is 1.94 bits per heavy atom. The van der Waals surface area contributed by atoms with Crippen LogP contribution in [-0.4, -0.2) is 24.6 Å². The molecule has 0 aliphatic rings. The Morgan fingerprint density at radius 3 is 2.41 bits per heavy atom. The zero-order chi connectivity index (χ0) is 13.0. The molecule has 0 aliphatic carbocycles. The van der Waals surface area contributed by atoms with Gasteiger partial charge in [0.05, 0.1) is 5.69 Å². The minimum absolute atomic E-state index is 0.505. The number of hydrogen-bond donors (Lipinski definition) is 1. The molecular formula is C13H25N3S. The molecule has 0 spiro atoms. The molecule has 1 N–H and O–H groups in total. The Morgan fingerprint density at radius 1 is 1.29 bits per heavy atom. The van der Waals surface area contributed by atoms with Gasteiger partial charge in [0.25, 0.3) is 0 Å². The molecule has 0 aliphatic heterocycles. The van der Waals surface area contributed by atoms with E-state index in [0.29, 0.717) is 12.0 Å². The third-order valence-corrected chi connectivity index (χ3v) is 3.84. The maximum absolute atomic E-state index is 4.71. The van der Waals surface area contributed by atoms with Crippen LogP contribution in [0.3, 0.4) is 0 Å². The summed E-state index contributed by atoms with van der Waals surface area (Å²) in [5, 5.41) is 4.36. The topological polar surface area (TPSA) is 28.2 Å². The average Bonchev–Trinajstić information content (AvgIpc) is 2.57. The first-order valence-electron chi connectivity index (χ1n) is 6.33. The van der Waals surface area contributed by atoms with Gasteiger partial charge in [-0.05, 0) is 33.7 Å². The number of rotatable bonds is 6. The number of aromatic nitrogens is 1. The third kappa shape index (κ3) is 3.96. The van der Waals surface area contributed by atoms with Crippen molar-refractivity contribution in [3.8, 4) is 0 Å². The predicted molar refractivity (Wildman–Crippen MR) is 76.9 cm³/mol. The van der Waals surface area contributed by atoms with Gasteiger partial charge >= 0.3 is 0 Å². The largest absolute Gasteiger partial charge is 0.345 e. The summed E-state index contributed by atoms with van der Waals surface area (Å²) in [4.78, 5) is 8.46. The highest BCUT2D eigenvalue weighted by molar-refractivity contribution is 7.15. The van der Waals surface area contributed by atoms with Crippen LogP contribution >= 0.6 is 11.3 Å². The lowest BCUT2D eigenvalue weighted by atomic mass is 10.2. The van der Waals surface area contributed by atoms with Crippen LogP contribution in [0.2, 0.25) is 0 Å². The highest BCUT2D eigenvalue weighted by atomic mass is 32.1. The summed E-state index contributed by atoms with van der Waals surface area (Å²) >= 11 is 1.81. The van der Waals surface area contributed by atoms with E-state index in [2.05, 4.69) is 44.8 Å². The molecule has 0 atom stereocenters. The van der Waals surface area contributed by atoms with Crippen molar-refractivity contribution in [3.63, 3.8) is 0 Å². The molecule has 3 nitrogen and oxygen atoms in total. The van der Waals surface area contributed by atoms with E-state index in [1.807, 2.05) is 18.4 Å². The van der Waals surface area contributed by atoms with Crippen molar-refractivity contribution in [3.05, 3.63) is 10.6 Å². The van der Waals surface area contributed by atoms with Crippen molar-refractivity contribution >= 4 is 16.5 Å². The number of nitrogens with zero attached hydrogens (tertiary/aromatic N) is 2. The maximum atomic E-state index is 4.71. The summed E-state index contributed by atoms with van der Waals surface area (Å²) in [6, 6.07) is 0.505. The molecule has 1 rings (SSSR count). The van der Waals surface area contributed by atoms with Crippen molar-refractivity contribution in [1.82, 2.24) is 10.3 Å². The number of thiazole rings is 1. The second-order valence-electron chi connectivity index (χ2n) is 5.18. The van der Waals surface area contributed by atoms with E-state index >= 15 is 0 Å². The molecule has 98 valence electrons. The fraction of sp³-hybridized carbons (Fsp3) is 0.769. The molecular weight excluding hydrogens is 230 g/mol. The minimum atomic E-state index is 0.505. The molecule has 0 bridgehead atoms. The standard InChI is InChI=1S/C13H25N3S/c1-9(2)8-16(10(3)4)13-15-11(5)12(17-13)7-14-6/h9-10,14H,7-8H2,1-6H3. The van der Waals surface area contributed by atoms with Crippen LogP contribution < -0.4 is 10.2 Å². The lowest BCUT2D eigenvalue weighted by Gasteiger charge is -2.27. The van der Waals surface area contributed by atoms with Crippen LogP contribution in [0.4, 0.5) is 5.13 Å². The molecule has 1 aromatic heterocycles. The lowest BCUT2D eigenvalue weighted by Crippen LogP contribution is -2.34. The van der Waals surface area contributed by atoms with Crippen LogP contribution in [0, 0.1) is 12.8 Å². The van der Waals surface area contributed by atoms with Gasteiger partial charge in [0.1, 0.15) is 0 Å². The Labute approximate surface area is 109 Å². The van der Waals surface area contributed by atoms with Crippen molar-refractivity contribution in [1.29, 1.82) is 0 Å². The summed E-state index contributed by atoms with van der Waals surface area (Å²) in [5.74, 6) is 0.661. The lowest BCUT2D eigenvalue weighted by molar-refractivity contribution is 0.569. The number of nitrogens with one attached hydrogen (secondary N) is 1. The first-order chi connectivity index (χ1) is 7.95. The highest BCUT2D eigenvalue weighted by Gasteiger charge is 2.17. The zero-order valence-electron chi connectivity index (χ0n) is 11.9. The average molecular weight is 255 g/mol. The van der Waals surface area contributed by atoms with E-state index < -0.39 is 0 Å². The van der Waals surface area contributed by atoms with Gasteiger partial charge in [0, 0.05) is 24.0 Å². The molecule has 0 saturated carbocycles. The highest BCUT2D eigenvalue weighted by Crippen LogP contribution is 2.28. The van der Waals surface area contributed by atoms with E-state index in [0.717, 1.165) is 23.9 Å². The van der Waals surface area contributed by atoms with Crippen molar-refractivity contribution in [2.75, 3.05) is 18.5 Å². The van der Waals surface area contributed by atoms with Gasteiger partial charge in [-0.2, -0.15) is 0 Å². The molecule has 1 heterocycles. The van der Waals surface area contributed by atoms with Gasteiger partial charge in [-0.1, -0.05) is 13.8 Å². The maximum Gasteiger partial charge on any atom is 0.186 e. The summed E-state index contributed by atoms with van der Waals surface area (Å²) in [6.07, 6.45) is 0. The fourth-order valence-electron chi connectivity index (χ4n) is 1.76. The van der Waals surface area contributed by atoms with E-state index in [1.54, 1.807) is 0 Å². The van der Waals surface area contributed by atoms with Gasteiger partial charge in [-0.25, -0.2) is 4.98 Å². The summed E-state index contributed by atoms with van der Waals surface area (Å²) in [6.45, 7) is 13.1. The second kappa shape index (κ2) is 6.36. The molecule has 17 heavy (non-hydrogen) atoms. The van der Waals surface area contributed by atoms with Gasteiger partial charge in [0.15, 0.2) is 5.13 Å². The fourth-order valence-corrected chi connectivity index (χ4v) is 2.98. The summed E-state index contributed by atoms with van der Waals surface area (Å²) < 4.78 is 0. The number of anilines is 1. The van der Waals surface area contributed by atoms with E-state index in [9.17, 15) is 0 Å². The molecule has 0 aromatic carbocycles. The van der Waals surface area contributed by atoms with E-state index in [-0.39, 0.29) is 0 Å². The molecule has 0 radical (unpaired) electrons. The van der Waals surface area contributed by atoms with Gasteiger partial charge < -0.3 is 10.2 Å². The van der Waals surface area contributed by atoms with Crippen LogP contribution in [0.15, 0.2) is 0 Å². The molecule has 1 aromatic rings. The summed E-state index contributed by atoms with van der Waals surface area (Å²) in [5.41, 5.74) is 1.16. The third-order valence-electron chi connectivity index (χ3n) is 2.65. The number of aryl methyl sites for hydroxylation is 1. The van der Waals surface area contributed by atoms with Crippen LogP contribution in [0.1, 0.15) is 38.3 Å². The summed E-state index contributed by atoms with van der Waals surface area (Å²) in [7, 11) is 1.98. The van der Waals surface area contributed by atoms with Crippen LogP contribution in [0.25, 0.3) is 0 Å². The monoisotopic (exact) mass is 255 g/mol. The first kappa shape index (κ1) is 14.5. The van der Waals surface area contributed by atoms with Gasteiger partial charge in [-0.15, -0.1) is 11.3 Å². The van der Waals surface area contributed by atoms with Gasteiger partial charge in [0.2, 0.25) is 0 Å². The van der Waals surface area contributed by atoms with Crippen molar-refractivity contribution < 1.29 is 0 Å². The predicted octanol–water partition coefficient (Wildman–Crippen LogP) is 3.04. The minimum Gasteiger partial charge on any atom is -0.345 e. The van der Waals surface area contributed by atoms with Crippen molar-refractivity contribution in [2.24, 2.45) is 5.92 Å². The molecule has 0 fully saturated rings. The quantitative estimate of drug-likeness (QED) is 0.847. The Bertz CT molecular complexity index is 344. The van der Waals surface area contributed by atoms with E-state index in [4.69, 9.17) is 4.98 Å². The molecule has 0 amide bonds. The Kier molecular flexibility index (Phi) is 5.40. The SMILES string of the molecule is CNCc1sc(N(CC(C)C)C(C)C)nc1C. The van der Waals surface area contributed by atoms with Crippen molar-refractivity contribution in [2.45, 2.75) is 47.2 Å². The molecule has 0 unspecified atom stereocenters. The Hall–Kier alpha value is -0.610. The molecule has 0 saturated heterocycles. The second-order valence-corrected chi connectivity index (χ2v) is 6.24.